The zero-order valence-electron chi connectivity index (χ0n) is 13.8. The number of hydrogen-bond acceptors (Lipinski definition) is 3. The lowest BCUT2D eigenvalue weighted by atomic mass is 10.2. The molecule has 2 saturated carbocycles. The molecule has 1 saturated heterocycles. The molecule has 6 heteroatoms. The van der Waals surface area contributed by atoms with Crippen LogP contribution in [0.3, 0.4) is 0 Å². The van der Waals surface area contributed by atoms with Gasteiger partial charge in [0, 0.05) is 25.0 Å². The minimum absolute atomic E-state index is 0.162. The van der Waals surface area contributed by atoms with Crippen molar-refractivity contribution in [3.8, 4) is 0 Å². The fraction of sp³-hybridized carbons (Fsp3) is 0.765. The van der Waals surface area contributed by atoms with Crippen molar-refractivity contribution in [3.63, 3.8) is 0 Å². The zero-order chi connectivity index (χ0) is 16.0. The van der Waals surface area contributed by atoms with Crippen molar-refractivity contribution in [2.24, 2.45) is 5.92 Å². The van der Waals surface area contributed by atoms with Crippen molar-refractivity contribution < 1.29 is 12.8 Å². The summed E-state index contributed by atoms with van der Waals surface area (Å²) in [5, 5.41) is 0. The highest BCUT2D eigenvalue weighted by Crippen LogP contribution is 2.47. The summed E-state index contributed by atoms with van der Waals surface area (Å²) in [7, 11) is -3.36. The van der Waals surface area contributed by atoms with Crippen LogP contribution < -0.4 is 0 Å². The standard InChI is InChI=1S/C17H26N2O3S/c1-13-11-16(13)17-8-7-15(22-17)12-19(14-5-6-14)23(20,21)18-9-3-2-4-10-18/h7-8,13-14,16H,2-6,9-12H2,1H3. The average molecular weight is 338 g/mol. The molecule has 0 spiro atoms. The molecule has 3 aliphatic rings. The second-order valence-corrected chi connectivity index (χ2v) is 9.25. The van der Waals surface area contributed by atoms with Crippen LogP contribution in [0.4, 0.5) is 0 Å². The maximum absolute atomic E-state index is 13.0. The minimum atomic E-state index is -3.36. The van der Waals surface area contributed by atoms with Crippen molar-refractivity contribution in [2.45, 2.75) is 64.0 Å². The summed E-state index contributed by atoms with van der Waals surface area (Å²) in [4.78, 5) is 0. The summed E-state index contributed by atoms with van der Waals surface area (Å²) in [5.74, 6) is 3.05. The Bertz CT molecular complexity index is 659. The van der Waals surface area contributed by atoms with Gasteiger partial charge in [-0.3, -0.25) is 0 Å². The van der Waals surface area contributed by atoms with Crippen LogP contribution in [-0.4, -0.2) is 36.2 Å². The lowest BCUT2D eigenvalue weighted by Gasteiger charge is -2.31. The smallest absolute Gasteiger partial charge is 0.282 e. The van der Waals surface area contributed by atoms with Crippen molar-refractivity contribution in [3.05, 3.63) is 23.7 Å². The van der Waals surface area contributed by atoms with Crippen LogP contribution in [0.2, 0.25) is 0 Å². The Hall–Kier alpha value is -0.850. The molecular formula is C17H26N2O3S. The molecule has 23 heavy (non-hydrogen) atoms. The summed E-state index contributed by atoms with van der Waals surface area (Å²) >= 11 is 0. The maximum Gasteiger partial charge on any atom is 0.282 e. The Morgan fingerprint density at radius 2 is 1.91 bits per heavy atom. The average Bonchev–Trinajstić information content (AvgIpc) is 3.47. The van der Waals surface area contributed by atoms with Gasteiger partial charge >= 0.3 is 0 Å². The molecule has 4 rings (SSSR count). The highest BCUT2D eigenvalue weighted by atomic mass is 32.2. The third-order valence-electron chi connectivity index (χ3n) is 5.36. The molecule has 0 bridgehead atoms. The van der Waals surface area contributed by atoms with Crippen molar-refractivity contribution in [2.75, 3.05) is 13.1 Å². The predicted octanol–water partition coefficient (Wildman–Crippen LogP) is 3.10. The van der Waals surface area contributed by atoms with Crippen LogP contribution in [0.1, 0.15) is 62.9 Å². The van der Waals surface area contributed by atoms with Crippen molar-refractivity contribution >= 4 is 10.2 Å². The quantitative estimate of drug-likeness (QED) is 0.801. The van der Waals surface area contributed by atoms with Crippen LogP contribution in [0, 0.1) is 5.92 Å². The molecule has 1 aromatic rings. The molecule has 2 atom stereocenters. The van der Waals surface area contributed by atoms with E-state index in [1.807, 2.05) is 12.1 Å². The van der Waals surface area contributed by atoms with Gasteiger partial charge in [0.05, 0.1) is 6.54 Å². The van der Waals surface area contributed by atoms with E-state index in [0.717, 1.165) is 43.6 Å². The number of furan rings is 1. The first-order chi connectivity index (χ1) is 11.1. The molecule has 0 amide bonds. The third-order valence-corrected chi connectivity index (χ3v) is 7.40. The summed E-state index contributed by atoms with van der Waals surface area (Å²) in [6, 6.07) is 4.15. The van der Waals surface area contributed by atoms with E-state index < -0.39 is 10.2 Å². The lowest BCUT2D eigenvalue weighted by Crippen LogP contribution is -2.46. The van der Waals surface area contributed by atoms with E-state index >= 15 is 0 Å². The first-order valence-electron chi connectivity index (χ1n) is 8.91. The molecule has 128 valence electrons. The van der Waals surface area contributed by atoms with Gasteiger partial charge in [-0.25, -0.2) is 0 Å². The molecule has 2 unspecified atom stereocenters. The maximum atomic E-state index is 13.0. The van der Waals surface area contributed by atoms with Crippen LogP contribution >= 0.6 is 0 Å². The van der Waals surface area contributed by atoms with E-state index in [4.69, 9.17) is 4.42 Å². The molecule has 2 aliphatic carbocycles. The van der Waals surface area contributed by atoms with Gasteiger partial charge in [-0.15, -0.1) is 0 Å². The number of piperidine rings is 1. The molecule has 0 radical (unpaired) electrons. The van der Waals surface area contributed by atoms with E-state index in [-0.39, 0.29) is 6.04 Å². The Morgan fingerprint density at radius 1 is 1.22 bits per heavy atom. The highest BCUT2D eigenvalue weighted by Gasteiger charge is 2.42. The Balaban J connectivity index is 1.50. The molecule has 0 N–H and O–H groups in total. The molecular weight excluding hydrogens is 312 g/mol. The van der Waals surface area contributed by atoms with Crippen molar-refractivity contribution in [1.82, 2.24) is 8.61 Å². The van der Waals surface area contributed by atoms with Crippen LogP contribution in [-0.2, 0) is 16.8 Å². The van der Waals surface area contributed by atoms with E-state index in [1.165, 1.54) is 6.42 Å². The molecule has 1 aromatic heterocycles. The minimum Gasteiger partial charge on any atom is -0.464 e. The molecule has 0 aromatic carbocycles. The van der Waals surface area contributed by atoms with Gasteiger partial charge in [-0.1, -0.05) is 13.3 Å². The zero-order valence-corrected chi connectivity index (χ0v) is 14.6. The number of rotatable bonds is 6. The van der Waals surface area contributed by atoms with Crippen molar-refractivity contribution in [1.29, 1.82) is 0 Å². The Morgan fingerprint density at radius 3 is 2.52 bits per heavy atom. The van der Waals surface area contributed by atoms with Gasteiger partial charge in [0.1, 0.15) is 11.5 Å². The predicted molar refractivity (Wildman–Crippen MR) is 88.1 cm³/mol. The monoisotopic (exact) mass is 338 g/mol. The van der Waals surface area contributed by atoms with E-state index in [0.29, 0.717) is 31.5 Å². The topological polar surface area (TPSA) is 53.8 Å². The van der Waals surface area contributed by atoms with E-state index in [2.05, 4.69) is 6.92 Å². The van der Waals surface area contributed by atoms with Gasteiger partial charge in [0.2, 0.25) is 0 Å². The van der Waals surface area contributed by atoms with Gasteiger partial charge in [0.15, 0.2) is 0 Å². The summed E-state index contributed by atoms with van der Waals surface area (Å²) in [5.41, 5.74) is 0. The van der Waals surface area contributed by atoms with Gasteiger partial charge in [-0.2, -0.15) is 17.0 Å². The summed E-state index contributed by atoms with van der Waals surface area (Å²) < 4.78 is 35.3. The fourth-order valence-corrected chi connectivity index (χ4v) is 5.45. The van der Waals surface area contributed by atoms with E-state index in [1.54, 1.807) is 8.61 Å². The van der Waals surface area contributed by atoms with Crippen LogP contribution in [0.15, 0.2) is 16.5 Å². The Labute approximate surface area is 138 Å². The van der Waals surface area contributed by atoms with Crippen LogP contribution in [0.25, 0.3) is 0 Å². The fourth-order valence-electron chi connectivity index (χ4n) is 3.56. The SMILES string of the molecule is CC1CC1c1ccc(CN(C2CC2)S(=O)(=O)N2CCCCC2)o1. The van der Waals surface area contributed by atoms with Crippen LogP contribution in [0.5, 0.6) is 0 Å². The van der Waals surface area contributed by atoms with Gasteiger partial charge in [0.25, 0.3) is 10.2 Å². The Kier molecular flexibility index (Phi) is 4.02. The second-order valence-electron chi connectivity index (χ2n) is 7.37. The molecule has 1 aliphatic heterocycles. The first kappa shape index (κ1) is 15.7. The lowest BCUT2D eigenvalue weighted by molar-refractivity contribution is 0.283. The molecule has 5 nitrogen and oxygen atoms in total. The first-order valence-corrected chi connectivity index (χ1v) is 10.3. The second kappa shape index (κ2) is 5.90. The third kappa shape index (κ3) is 3.21. The number of nitrogens with zero attached hydrogens (tertiary/aromatic N) is 2. The van der Waals surface area contributed by atoms with E-state index in [9.17, 15) is 8.42 Å². The normalized spacial score (nSPS) is 29.1. The molecule has 3 fully saturated rings. The van der Waals surface area contributed by atoms with Gasteiger partial charge < -0.3 is 4.42 Å². The highest BCUT2D eigenvalue weighted by molar-refractivity contribution is 7.86. The summed E-state index contributed by atoms with van der Waals surface area (Å²) in [6.07, 6.45) is 6.22. The van der Waals surface area contributed by atoms with Gasteiger partial charge in [-0.05, 0) is 50.2 Å². The largest absolute Gasteiger partial charge is 0.464 e. The summed E-state index contributed by atoms with van der Waals surface area (Å²) in [6.45, 7) is 3.93. The molecule has 2 heterocycles. The number of hydrogen-bond donors (Lipinski definition) is 0.